The third-order valence-electron chi connectivity index (χ3n) is 2.41. The largest absolute Gasteiger partial charge is 0.399 e. The summed E-state index contributed by atoms with van der Waals surface area (Å²) in [5, 5.41) is 3.37. The van der Waals surface area contributed by atoms with Crippen LogP contribution in [0.5, 0.6) is 0 Å². The van der Waals surface area contributed by atoms with E-state index < -0.39 is 0 Å². The minimum absolute atomic E-state index is 0.276. The van der Waals surface area contributed by atoms with E-state index in [1.165, 1.54) is 12.3 Å². The van der Waals surface area contributed by atoms with Crippen molar-refractivity contribution < 1.29 is 4.79 Å². The van der Waals surface area contributed by atoms with Crippen molar-refractivity contribution in [3.05, 3.63) is 58.9 Å². The van der Waals surface area contributed by atoms with E-state index in [0.29, 0.717) is 22.9 Å². The van der Waals surface area contributed by atoms with Crippen molar-refractivity contribution in [1.29, 1.82) is 0 Å². The highest BCUT2D eigenvalue weighted by Crippen LogP contribution is 2.14. The molecule has 0 fully saturated rings. The summed E-state index contributed by atoms with van der Waals surface area (Å²) in [6.45, 7) is 0.356. The zero-order chi connectivity index (χ0) is 13.0. The summed E-state index contributed by atoms with van der Waals surface area (Å²) in [7, 11) is 0. The number of carbonyl (C=O) groups is 1. The van der Waals surface area contributed by atoms with Gasteiger partial charge in [0.1, 0.15) is 5.69 Å². The summed E-state index contributed by atoms with van der Waals surface area (Å²) < 4.78 is 0. The fourth-order valence-electron chi connectivity index (χ4n) is 1.48. The number of benzene rings is 1. The lowest BCUT2D eigenvalue weighted by molar-refractivity contribution is 0.0946. The maximum absolute atomic E-state index is 11.8. The van der Waals surface area contributed by atoms with E-state index in [0.717, 1.165) is 5.56 Å². The second kappa shape index (κ2) is 5.51. The normalized spacial score (nSPS) is 10.1. The Hall–Kier alpha value is -2.07. The molecule has 0 aliphatic rings. The highest BCUT2D eigenvalue weighted by molar-refractivity contribution is 6.31. The van der Waals surface area contributed by atoms with Crippen LogP contribution in [0.15, 0.2) is 42.6 Å². The molecule has 0 radical (unpaired) electrons. The molecule has 0 aliphatic carbocycles. The molecule has 1 aromatic carbocycles. The van der Waals surface area contributed by atoms with Crippen molar-refractivity contribution in [2.45, 2.75) is 6.54 Å². The summed E-state index contributed by atoms with van der Waals surface area (Å²) in [6, 6.07) is 10.5. The van der Waals surface area contributed by atoms with Gasteiger partial charge in [-0.3, -0.25) is 9.78 Å². The predicted octanol–water partition coefficient (Wildman–Crippen LogP) is 2.25. The number of nitrogens with two attached hydrogens (primary N) is 1. The molecule has 2 rings (SSSR count). The number of pyridine rings is 1. The zero-order valence-corrected chi connectivity index (χ0v) is 10.3. The average Bonchev–Trinajstić information content (AvgIpc) is 2.37. The van der Waals surface area contributed by atoms with Crippen LogP contribution in [0.2, 0.25) is 5.02 Å². The van der Waals surface area contributed by atoms with Gasteiger partial charge in [-0.1, -0.05) is 29.8 Å². The van der Waals surface area contributed by atoms with Gasteiger partial charge in [-0.25, -0.2) is 0 Å². The first-order valence-corrected chi connectivity index (χ1v) is 5.78. The maximum atomic E-state index is 11.8. The topological polar surface area (TPSA) is 68.0 Å². The first kappa shape index (κ1) is 12.4. The molecule has 18 heavy (non-hydrogen) atoms. The molecule has 3 N–H and O–H groups in total. The number of amides is 1. The van der Waals surface area contributed by atoms with Gasteiger partial charge in [-0.15, -0.1) is 0 Å². The van der Waals surface area contributed by atoms with Crippen LogP contribution < -0.4 is 11.1 Å². The Balaban J connectivity index is 2.03. The standard InChI is InChI=1S/C13H12ClN3O/c14-11-4-2-1-3-9(11)8-17-13(18)12-7-10(15)5-6-16-12/h1-7H,8H2,(H2,15,16)(H,17,18). The third-order valence-corrected chi connectivity index (χ3v) is 2.78. The molecule has 0 bridgehead atoms. The number of hydrogen-bond donors (Lipinski definition) is 2. The smallest absolute Gasteiger partial charge is 0.270 e. The summed E-state index contributed by atoms with van der Waals surface area (Å²) in [4.78, 5) is 15.8. The fraction of sp³-hybridized carbons (Fsp3) is 0.0769. The molecule has 2 aromatic rings. The summed E-state index contributed by atoms with van der Waals surface area (Å²) in [6.07, 6.45) is 1.50. The van der Waals surface area contributed by atoms with Gasteiger partial charge in [0.05, 0.1) is 0 Å². The number of rotatable bonds is 3. The SMILES string of the molecule is Nc1ccnc(C(=O)NCc2ccccc2Cl)c1. The van der Waals surface area contributed by atoms with Crippen molar-refractivity contribution in [3.63, 3.8) is 0 Å². The van der Waals surface area contributed by atoms with Gasteiger partial charge in [-0.2, -0.15) is 0 Å². The van der Waals surface area contributed by atoms with Gasteiger partial charge < -0.3 is 11.1 Å². The lowest BCUT2D eigenvalue weighted by Gasteiger charge is -2.06. The molecule has 1 heterocycles. The van der Waals surface area contributed by atoms with Crippen molar-refractivity contribution >= 4 is 23.2 Å². The molecule has 0 aliphatic heterocycles. The van der Waals surface area contributed by atoms with Crippen molar-refractivity contribution in [3.8, 4) is 0 Å². The maximum Gasteiger partial charge on any atom is 0.270 e. The second-order valence-corrected chi connectivity index (χ2v) is 4.16. The number of nitrogen functional groups attached to an aromatic ring is 1. The van der Waals surface area contributed by atoms with Crippen LogP contribution in [0.4, 0.5) is 5.69 Å². The number of nitrogens with zero attached hydrogens (tertiary/aromatic N) is 1. The van der Waals surface area contributed by atoms with E-state index >= 15 is 0 Å². The van der Waals surface area contributed by atoms with E-state index in [4.69, 9.17) is 17.3 Å². The fourth-order valence-corrected chi connectivity index (χ4v) is 1.68. The van der Waals surface area contributed by atoms with Gasteiger partial charge >= 0.3 is 0 Å². The molecule has 0 spiro atoms. The van der Waals surface area contributed by atoms with Gasteiger partial charge in [-0.05, 0) is 23.8 Å². The van der Waals surface area contributed by atoms with Crippen molar-refractivity contribution in [2.75, 3.05) is 5.73 Å². The number of hydrogen-bond acceptors (Lipinski definition) is 3. The van der Waals surface area contributed by atoms with Crippen molar-refractivity contribution in [2.24, 2.45) is 0 Å². The molecule has 1 amide bonds. The number of nitrogens with one attached hydrogen (secondary N) is 1. The van der Waals surface area contributed by atoms with Crippen LogP contribution in [0, 0.1) is 0 Å². The molecule has 4 nitrogen and oxygen atoms in total. The molecular weight excluding hydrogens is 250 g/mol. The Bertz CT molecular complexity index is 572. The van der Waals surface area contributed by atoms with Gasteiger partial charge in [0.15, 0.2) is 0 Å². The van der Waals surface area contributed by atoms with Crippen molar-refractivity contribution in [1.82, 2.24) is 10.3 Å². The number of anilines is 1. The van der Waals surface area contributed by atoms with Crippen LogP contribution in [0.3, 0.4) is 0 Å². The number of halogens is 1. The first-order valence-electron chi connectivity index (χ1n) is 5.40. The van der Waals surface area contributed by atoms with Crippen LogP contribution in [-0.2, 0) is 6.54 Å². The monoisotopic (exact) mass is 261 g/mol. The lowest BCUT2D eigenvalue weighted by Crippen LogP contribution is -2.24. The molecule has 0 saturated heterocycles. The highest BCUT2D eigenvalue weighted by atomic mass is 35.5. The summed E-state index contributed by atoms with van der Waals surface area (Å²) >= 11 is 5.99. The molecular formula is C13H12ClN3O. The molecule has 0 saturated carbocycles. The average molecular weight is 262 g/mol. The second-order valence-electron chi connectivity index (χ2n) is 3.75. The van der Waals surface area contributed by atoms with Gasteiger partial charge in [0.25, 0.3) is 5.91 Å². The number of carbonyl (C=O) groups excluding carboxylic acids is 1. The highest BCUT2D eigenvalue weighted by Gasteiger charge is 2.07. The van der Waals surface area contributed by atoms with E-state index in [2.05, 4.69) is 10.3 Å². The molecule has 5 heteroatoms. The third kappa shape index (κ3) is 2.99. The minimum Gasteiger partial charge on any atom is -0.399 e. The Morgan fingerprint density at radius 1 is 1.33 bits per heavy atom. The molecule has 0 atom stereocenters. The lowest BCUT2D eigenvalue weighted by atomic mass is 10.2. The molecule has 92 valence electrons. The van der Waals surface area contributed by atoms with Gasteiger partial charge in [0, 0.05) is 23.5 Å². The predicted molar refractivity (Wildman–Crippen MR) is 71.3 cm³/mol. The van der Waals surface area contributed by atoms with Crippen LogP contribution in [0.25, 0.3) is 0 Å². The minimum atomic E-state index is -0.276. The van der Waals surface area contributed by atoms with Crippen LogP contribution in [-0.4, -0.2) is 10.9 Å². The van der Waals surface area contributed by atoms with E-state index in [1.807, 2.05) is 18.2 Å². The van der Waals surface area contributed by atoms with Crippen LogP contribution in [0.1, 0.15) is 16.1 Å². The van der Waals surface area contributed by atoms with E-state index in [1.54, 1.807) is 12.1 Å². The summed E-state index contributed by atoms with van der Waals surface area (Å²) in [5.41, 5.74) is 7.25. The molecule has 0 unspecified atom stereocenters. The zero-order valence-electron chi connectivity index (χ0n) is 9.56. The Kier molecular flexibility index (Phi) is 3.79. The number of aromatic nitrogens is 1. The van der Waals surface area contributed by atoms with Crippen LogP contribution >= 0.6 is 11.6 Å². The Labute approximate surface area is 110 Å². The van der Waals surface area contributed by atoms with E-state index in [-0.39, 0.29) is 5.91 Å². The summed E-state index contributed by atoms with van der Waals surface area (Å²) in [5.74, 6) is -0.276. The Morgan fingerprint density at radius 3 is 2.83 bits per heavy atom. The van der Waals surface area contributed by atoms with Gasteiger partial charge in [0.2, 0.25) is 0 Å². The Morgan fingerprint density at radius 2 is 2.11 bits per heavy atom. The first-order chi connectivity index (χ1) is 8.66. The quantitative estimate of drug-likeness (QED) is 0.890. The molecule has 1 aromatic heterocycles. The van der Waals surface area contributed by atoms with E-state index in [9.17, 15) is 4.79 Å².